The summed E-state index contributed by atoms with van der Waals surface area (Å²) in [5.41, 5.74) is 0.733. The molecule has 0 atom stereocenters. The van der Waals surface area contributed by atoms with Crippen molar-refractivity contribution in [1.82, 2.24) is 15.1 Å². The molecule has 34 heavy (non-hydrogen) atoms. The predicted molar refractivity (Wildman–Crippen MR) is 125 cm³/mol. The van der Waals surface area contributed by atoms with Crippen LogP contribution < -0.4 is 10.1 Å². The van der Waals surface area contributed by atoms with Gasteiger partial charge in [0.2, 0.25) is 0 Å². The van der Waals surface area contributed by atoms with Gasteiger partial charge in [0.25, 0.3) is 5.91 Å². The van der Waals surface area contributed by atoms with Crippen molar-refractivity contribution in [2.45, 2.75) is 19.1 Å². The zero-order chi connectivity index (χ0) is 24.3. The second-order valence-electron chi connectivity index (χ2n) is 7.47. The van der Waals surface area contributed by atoms with Crippen molar-refractivity contribution >= 4 is 39.8 Å². The number of ether oxygens (including phenoxy) is 1. The fourth-order valence-corrected chi connectivity index (χ4v) is 4.32. The van der Waals surface area contributed by atoms with Crippen LogP contribution in [0.2, 0.25) is 0 Å². The van der Waals surface area contributed by atoms with Crippen LogP contribution in [-0.2, 0) is 17.5 Å². The van der Waals surface area contributed by atoms with Crippen LogP contribution in [0.4, 0.5) is 13.2 Å². The summed E-state index contributed by atoms with van der Waals surface area (Å²) < 4.78 is 47.1. The lowest BCUT2D eigenvalue weighted by molar-refractivity contribution is -0.138. The fourth-order valence-electron chi connectivity index (χ4n) is 3.47. The zero-order valence-corrected chi connectivity index (χ0v) is 18.9. The zero-order valence-electron chi connectivity index (χ0n) is 18.1. The van der Waals surface area contributed by atoms with Gasteiger partial charge < -0.3 is 15.2 Å². The number of benzene rings is 2. The quantitative estimate of drug-likeness (QED) is 0.385. The first-order valence-electron chi connectivity index (χ1n) is 10.3. The molecule has 2 heterocycles. The number of alkyl halides is 3. The number of thioether (sulfide) groups is 1. The first kappa shape index (κ1) is 23.8. The average Bonchev–Trinajstić information content (AvgIpc) is 3.36. The molecule has 0 bridgehead atoms. The van der Waals surface area contributed by atoms with E-state index in [9.17, 15) is 18.0 Å². The Labute approximate surface area is 197 Å². The molecule has 0 unspecified atom stereocenters. The third kappa shape index (κ3) is 5.26. The molecule has 7 nitrogen and oxygen atoms in total. The summed E-state index contributed by atoms with van der Waals surface area (Å²) in [6.07, 6.45) is -0.707. The minimum Gasteiger partial charge on any atom is -0.497 e. The number of amides is 1. The Bertz CT molecular complexity index is 1280. The fraction of sp³-hybridized carbons (Fsp3) is 0.261. The van der Waals surface area contributed by atoms with Gasteiger partial charge in [-0.3, -0.25) is 14.5 Å². The number of aliphatic imine (C=N–C) groups is 1. The number of methoxy groups -OCH3 is 1. The van der Waals surface area contributed by atoms with Crippen molar-refractivity contribution in [1.29, 1.82) is 0 Å². The van der Waals surface area contributed by atoms with Crippen LogP contribution in [0.5, 0.6) is 5.75 Å². The summed E-state index contributed by atoms with van der Waals surface area (Å²) >= 11 is 1.21. The lowest BCUT2D eigenvalue weighted by Gasteiger charge is -2.14. The first-order valence-corrected chi connectivity index (χ1v) is 11.2. The molecule has 1 saturated heterocycles. The number of nitrogens with one attached hydrogen (secondary N) is 1. The SMILES string of the molecule is COc1ccc(Cn2ncc3cc(/C=C4\SC(=NCCCO)NC4=O)ccc32)c(C(F)(F)F)c1. The van der Waals surface area contributed by atoms with Crippen LogP contribution in [0.25, 0.3) is 17.0 Å². The van der Waals surface area contributed by atoms with Crippen molar-refractivity contribution < 1.29 is 27.8 Å². The van der Waals surface area contributed by atoms with Crippen LogP contribution in [0.3, 0.4) is 0 Å². The van der Waals surface area contributed by atoms with Crippen LogP contribution in [0.1, 0.15) is 23.1 Å². The molecule has 2 aromatic carbocycles. The van der Waals surface area contributed by atoms with Crippen molar-refractivity contribution in [3.8, 4) is 5.75 Å². The number of aliphatic hydroxyl groups excluding tert-OH is 1. The molecule has 0 spiro atoms. The Hall–Kier alpha value is -3.31. The molecule has 3 aromatic rings. The number of nitrogens with zero attached hydrogens (tertiary/aromatic N) is 3. The number of rotatable bonds is 7. The van der Waals surface area contributed by atoms with Gasteiger partial charge >= 0.3 is 6.18 Å². The molecule has 0 radical (unpaired) electrons. The number of halogens is 3. The number of fused-ring (bicyclic) bond motifs is 1. The van der Waals surface area contributed by atoms with Crippen LogP contribution in [0, 0.1) is 0 Å². The Balaban J connectivity index is 1.58. The standard InChI is InChI=1S/C23H21F3N4O3S/c1-33-17-5-4-15(18(11-17)23(24,25)26)13-30-19-6-3-14(9-16(19)12-28-30)10-20-21(32)29-22(34-20)27-7-2-8-31/h3-6,9-12,31H,2,7-8,13H2,1H3,(H,27,29,32)/b20-10-. The van der Waals surface area contributed by atoms with Gasteiger partial charge in [-0.05, 0) is 59.7 Å². The number of hydrogen-bond donors (Lipinski definition) is 2. The maximum atomic E-state index is 13.6. The van der Waals surface area contributed by atoms with Crippen molar-refractivity contribution in [3.05, 3.63) is 64.2 Å². The first-order chi connectivity index (χ1) is 16.3. The molecular formula is C23H21F3N4O3S. The molecule has 1 aromatic heterocycles. The Morgan fingerprint density at radius 1 is 1.26 bits per heavy atom. The maximum Gasteiger partial charge on any atom is 0.416 e. The second kappa shape index (κ2) is 9.90. The highest BCUT2D eigenvalue weighted by Gasteiger charge is 2.34. The number of hydrogen-bond acceptors (Lipinski definition) is 6. The van der Waals surface area contributed by atoms with Crippen LogP contribution in [0.15, 0.2) is 52.5 Å². The van der Waals surface area contributed by atoms with E-state index in [1.165, 1.54) is 35.7 Å². The summed E-state index contributed by atoms with van der Waals surface area (Å²) in [5, 5.41) is 17.0. The van der Waals surface area contributed by atoms with E-state index in [2.05, 4.69) is 15.4 Å². The van der Waals surface area contributed by atoms with E-state index >= 15 is 0 Å². The topological polar surface area (TPSA) is 88.7 Å². The van der Waals surface area contributed by atoms with Gasteiger partial charge in [-0.2, -0.15) is 18.3 Å². The molecule has 11 heteroatoms. The third-order valence-corrected chi connectivity index (χ3v) is 6.08. The van der Waals surface area contributed by atoms with Gasteiger partial charge in [-0.25, -0.2) is 0 Å². The van der Waals surface area contributed by atoms with E-state index in [0.717, 1.165) is 17.0 Å². The summed E-state index contributed by atoms with van der Waals surface area (Å²) in [4.78, 5) is 16.9. The Kier molecular flexibility index (Phi) is 6.94. The molecule has 4 rings (SSSR count). The van der Waals surface area contributed by atoms with E-state index in [1.807, 2.05) is 6.07 Å². The minimum atomic E-state index is -4.52. The van der Waals surface area contributed by atoms with Gasteiger partial charge in [0.15, 0.2) is 5.17 Å². The lowest BCUT2D eigenvalue weighted by atomic mass is 10.1. The molecule has 2 N–H and O–H groups in total. The minimum absolute atomic E-state index is 0.0295. The van der Waals surface area contributed by atoms with Crippen LogP contribution in [-0.4, -0.2) is 46.2 Å². The lowest BCUT2D eigenvalue weighted by Crippen LogP contribution is -2.20. The number of aromatic nitrogens is 2. The maximum absolute atomic E-state index is 13.6. The van der Waals surface area contributed by atoms with Gasteiger partial charge in [0, 0.05) is 18.5 Å². The van der Waals surface area contributed by atoms with E-state index in [1.54, 1.807) is 24.4 Å². The average molecular weight is 491 g/mol. The molecule has 1 amide bonds. The molecule has 0 aliphatic carbocycles. The van der Waals surface area contributed by atoms with E-state index in [-0.39, 0.29) is 30.4 Å². The number of aliphatic hydroxyl groups is 1. The van der Waals surface area contributed by atoms with E-state index in [4.69, 9.17) is 9.84 Å². The van der Waals surface area contributed by atoms with Crippen molar-refractivity contribution in [3.63, 3.8) is 0 Å². The predicted octanol–water partition coefficient (Wildman–Crippen LogP) is 4.05. The number of carbonyl (C=O) groups excluding carboxylic acids is 1. The Morgan fingerprint density at radius 3 is 2.82 bits per heavy atom. The largest absolute Gasteiger partial charge is 0.497 e. The molecule has 0 saturated carbocycles. The number of amidine groups is 1. The molecule has 178 valence electrons. The highest BCUT2D eigenvalue weighted by molar-refractivity contribution is 8.18. The second-order valence-corrected chi connectivity index (χ2v) is 8.50. The smallest absolute Gasteiger partial charge is 0.416 e. The van der Waals surface area contributed by atoms with Gasteiger partial charge in [0.05, 0.1) is 35.8 Å². The van der Waals surface area contributed by atoms with Crippen molar-refractivity contribution in [2.75, 3.05) is 20.3 Å². The van der Waals surface area contributed by atoms with Gasteiger partial charge in [-0.1, -0.05) is 12.1 Å². The number of carbonyl (C=O) groups is 1. The highest BCUT2D eigenvalue weighted by Crippen LogP contribution is 2.35. The monoisotopic (exact) mass is 490 g/mol. The third-order valence-electron chi connectivity index (χ3n) is 5.13. The molecule has 1 fully saturated rings. The molecule has 1 aliphatic heterocycles. The summed E-state index contributed by atoms with van der Waals surface area (Å²) in [6, 6.07) is 9.23. The van der Waals surface area contributed by atoms with Crippen LogP contribution >= 0.6 is 11.8 Å². The summed E-state index contributed by atoms with van der Waals surface area (Å²) in [7, 11) is 1.32. The highest BCUT2D eigenvalue weighted by atomic mass is 32.2. The van der Waals surface area contributed by atoms with Gasteiger partial charge in [0.1, 0.15) is 5.75 Å². The Morgan fingerprint density at radius 2 is 2.09 bits per heavy atom. The molecular weight excluding hydrogens is 469 g/mol. The summed E-state index contributed by atoms with van der Waals surface area (Å²) in [6.45, 7) is 0.387. The van der Waals surface area contributed by atoms with Crippen molar-refractivity contribution in [2.24, 2.45) is 4.99 Å². The van der Waals surface area contributed by atoms with E-state index in [0.29, 0.717) is 28.6 Å². The normalized spacial score (nSPS) is 16.6. The molecule has 1 aliphatic rings. The van der Waals surface area contributed by atoms with Gasteiger partial charge in [-0.15, -0.1) is 0 Å². The summed E-state index contributed by atoms with van der Waals surface area (Å²) in [5.74, 6) is -0.128. The van der Waals surface area contributed by atoms with E-state index < -0.39 is 11.7 Å².